The van der Waals surface area contributed by atoms with E-state index in [2.05, 4.69) is 15.6 Å². The van der Waals surface area contributed by atoms with Gasteiger partial charge in [-0.05, 0) is 30.5 Å². The number of benzene rings is 1. The van der Waals surface area contributed by atoms with Crippen molar-refractivity contribution in [2.75, 3.05) is 0 Å². The molecule has 0 aliphatic heterocycles. The fourth-order valence-electron chi connectivity index (χ4n) is 2.90. The summed E-state index contributed by atoms with van der Waals surface area (Å²) in [6.07, 6.45) is 4.71. The van der Waals surface area contributed by atoms with E-state index in [1.54, 1.807) is 0 Å². The number of carbonyl (C=O) groups is 2. The number of hydrogen-bond donors (Lipinski definition) is 3. The number of carboxylic acid groups (broad SMARTS) is 1. The maximum absolute atomic E-state index is 12.3. The van der Waals surface area contributed by atoms with Gasteiger partial charge in [-0.1, -0.05) is 36.4 Å². The van der Waals surface area contributed by atoms with Crippen LogP contribution in [0.5, 0.6) is 0 Å². The predicted octanol–water partition coefficient (Wildman–Crippen LogP) is 2.61. The van der Waals surface area contributed by atoms with Crippen molar-refractivity contribution in [3.05, 3.63) is 72.2 Å². The Balaban J connectivity index is 1.56. The minimum Gasteiger partial charge on any atom is -0.481 e. The number of rotatable bonds is 8. The Morgan fingerprint density at radius 3 is 2.63 bits per heavy atom. The summed E-state index contributed by atoms with van der Waals surface area (Å²) in [5, 5.41) is 14.6. The zero-order valence-corrected chi connectivity index (χ0v) is 14.8. The van der Waals surface area contributed by atoms with Gasteiger partial charge in [0.1, 0.15) is 5.65 Å². The number of urea groups is 1. The Bertz CT molecular complexity index is 875. The van der Waals surface area contributed by atoms with Crippen LogP contribution in [0.4, 0.5) is 4.79 Å². The van der Waals surface area contributed by atoms with Gasteiger partial charge in [0.25, 0.3) is 0 Å². The van der Waals surface area contributed by atoms with Gasteiger partial charge >= 0.3 is 12.0 Å². The molecule has 7 nitrogen and oxygen atoms in total. The molecule has 140 valence electrons. The summed E-state index contributed by atoms with van der Waals surface area (Å²) in [6.45, 7) is 0.296. The number of hydrogen-bond acceptors (Lipinski definition) is 3. The monoisotopic (exact) mass is 366 g/mol. The van der Waals surface area contributed by atoms with Gasteiger partial charge in [-0.3, -0.25) is 4.79 Å². The van der Waals surface area contributed by atoms with Crippen LogP contribution in [0.15, 0.2) is 60.9 Å². The molecule has 1 unspecified atom stereocenters. The maximum atomic E-state index is 12.3. The van der Waals surface area contributed by atoms with Crippen LogP contribution in [-0.2, 0) is 17.8 Å². The minimum absolute atomic E-state index is 0.00418. The van der Waals surface area contributed by atoms with Crippen molar-refractivity contribution in [2.24, 2.45) is 0 Å². The van der Waals surface area contributed by atoms with E-state index < -0.39 is 5.97 Å². The molecule has 3 aromatic rings. The number of carboxylic acids is 1. The SMILES string of the molecule is O=C(O)CCC(Cc1ccccc1)NC(=O)NCc1cn2ccccc2n1. The number of amides is 2. The van der Waals surface area contributed by atoms with E-state index in [4.69, 9.17) is 5.11 Å². The number of fused-ring (bicyclic) bond motifs is 1. The lowest BCUT2D eigenvalue weighted by Gasteiger charge is -2.18. The third kappa shape index (κ3) is 5.57. The Labute approximate surface area is 157 Å². The minimum atomic E-state index is -0.875. The molecule has 0 radical (unpaired) electrons. The van der Waals surface area contributed by atoms with Gasteiger partial charge in [0.15, 0.2) is 0 Å². The van der Waals surface area contributed by atoms with E-state index in [0.29, 0.717) is 19.4 Å². The van der Waals surface area contributed by atoms with Crippen molar-refractivity contribution in [1.82, 2.24) is 20.0 Å². The molecule has 0 saturated carbocycles. The second-order valence-electron chi connectivity index (χ2n) is 6.34. The molecule has 0 aliphatic rings. The van der Waals surface area contributed by atoms with E-state index in [1.807, 2.05) is 65.3 Å². The smallest absolute Gasteiger partial charge is 0.315 e. The fraction of sp³-hybridized carbons (Fsp3) is 0.250. The second kappa shape index (κ2) is 8.84. The first-order chi connectivity index (χ1) is 13.1. The molecule has 0 bridgehead atoms. The van der Waals surface area contributed by atoms with Gasteiger partial charge in [-0.25, -0.2) is 9.78 Å². The molecule has 3 rings (SSSR count). The molecule has 2 amide bonds. The molecular weight excluding hydrogens is 344 g/mol. The largest absolute Gasteiger partial charge is 0.481 e. The maximum Gasteiger partial charge on any atom is 0.315 e. The van der Waals surface area contributed by atoms with Crippen LogP contribution >= 0.6 is 0 Å². The molecule has 3 N–H and O–H groups in total. The summed E-state index contributed by atoms with van der Waals surface area (Å²) in [6, 6.07) is 14.8. The number of aromatic nitrogens is 2. The van der Waals surface area contributed by atoms with E-state index in [9.17, 15) is 9.59 Å². The Morgan fingerprint density at radius 2 is 1.89 bits per heavy atom. The van der Waals surface area contributed by atoms with Crippen LogP contribution in [-0.4, -0.2) is 32.5 Å². The zero-order valence-electron chi connectivity index (χ0n) is 14.8. The number of carbonyl (C=O) groups excluding carboxylic acids is 1. The quantitative estimate of drug-likeness (QED) is 0.571. The summed E-state index contributed by atoms with van der Waals surface area (Å²) in [4.78, 5) is 27.6. The highest BCUT2D eigenvalue weighted by Gasteiger charge is 2.15. The zero-order chi connectivity index (χ0) is 19.1. The number of pyridine rings is 1. The van der Waals surface area contributed by atoms with E-state index in [0.717, 1.165) is 16.9 Å². The van der Waals surface area contributed by atoms with Gasteiger partial charge in [-0.15, -0.1) is 0 Å². The molecule has 7 heteroatoms. The van der Waals surface area contributed by atoms with E-state index in [-0.39, 0.29) is 18.5 Å². The van der Waals surface area contributed by atoms with Crippen LogP contribution in [0.3, 0.4) is 0 Å². The molecule has 1 aromatic carbocycles. The molecule has 0 spiro atoms. The summed E-state index contributed by atoms with van der Waals surface area (Å²) in [5.74, 6) is -0.875. The Hall–Kier alpha value is -3.35. The fourth-order valence-corrected chi connectivity index (χ4v) is 2.90. The lowest BCUT2D eigenvalue weighted by Crippen LogP contribution is -2.43. The number of nitrogens with one attached hydrogen (secondary N) is 2. The number of imidazole rings is 1. The molecule has 0 fully saturated rings. The first-order valence-corrected chi connectivity index (χ1v) is 8.83. The molecule has 1 atom stereocenters. The van der Waals surface area contributed by atoms with Crippen LogP contribution in [0, 0.1) is 0 Å². The molecule has 0 aliphatic carbocycles. The summed E-state index contributed by atoms with van der Waals surface area (Å²) < 4.78 is 1.89. The van der Waals surface area contributed by atoms with E-state index >= 15 is 0 Å². The third-order valence-electron chi connectivity index (χ3n) is 4.21. The normalized spacial score (nSPS) is 11.9. The lowest BCUT2D eigenvalue weighted by atomic mass is 10.0. The van der Waals surface area contributed by atoms with Crippen LogP contribution < -0.4 is 10.6 Å². The van der Waals surface area contributed by atoms with Gasteiger partial charge in [-0.2, -0.15) is 0 Å². The average molecular weight is 366 g/mol. The number of nitrogens with zero attached hydrogens (tertiary/aromatic N) is 2. The van der Waals surface area contributed by atoms with Gasteiger partial charge in [0.05, 0.1) is 12.2 Å². The third-order valence-corrected chi connectivity index (χ3v) is 4.21. The Morgan fingerprint density at radius 1 is 1.11 bits per heavy atom. The van der Waals surface area contributed by atoms with Crippen molar-refractivity contribution in [3.8, 4) is 0 Å². The van der Waals surface area contributed by atoms with Gasteiger partial charge in [0, 0.05) is 24.9 Å². The van der Waals surface area contributed by atoms with Gasteiger partial charge in [0.2, 0.25) is 0 Å². The molecule has 2 heterocycles. The average Bonchev–Trinajstić information content (AvgIpc) is 3.08. The van der Waals surface area contributed by atoms with Crippen molar-refractivity contribution in [1.29, 1.82) is 0 Å². The second-order valence-corrected chi connectivity index (χ2v) is 6.34. The highest BCUT2D eigenvalue weighted by molar-refractivity contribution is 5.74. The molecule has 2 aromatic heterocycles. The van der Waals surface area contributed by atoms with E-state index in [1.165, 1.54) is 0 Å². The molecular formula is C20H22N4O3. The molecule has 27 heavy (non-hydrogen) atoms. The van der Waals surface area contributed by atoms with Crippen molar-refractivity contribution in [3.63, 3.8) is 0 Å². The van der Waals surface area contributed by atoms with Crippen molar-refractivity contribution in [2.45, 2.75) is 31.8 Å². The highest BCUT2D eigenvalue weighted by Crippen LogP contribution is 2.08. The summed E-state index contributed by atoms with van der Waals surface area (Å²) in [7, 11) is 0. The van der Waals surface area contributed by atoms with Crippen LogP contribution in [0.25, 0.3) is 5.65 Å². The topological polar surface area (TPSA) is 95.7 Å². The predicted molar refractivity (Wildman–Crippen MR) is 101 cm³/mol. The highest BCUT2D eigenvalue weighted by atomic mass is 16.4. The van der Waals surface area contributed by atoms with Crippen molar-refractivity contribution >= 4 is 17.6 Å². The van der Waals surface area contributed by atoms with Crippen LogP contribution in [0.1, 0.15) is 24.1 Å². The van der Waals surface area contributed by atoms with Crippen LogP contribution in [0.2, 0.25) is 0 Å². The lowest BCUT2D eigenvalue weighted by molar-refractivity contribution is -0.137. The van der Waals surface area contributed by atoms with Gasteiger partial charge < -0.3 is 20.1 Å². The number of aliphatic carboxylic acids is 1. The Kier molecular flexibility index (Phi) is 6.04. The first-order valence-electron chi connectivity index (χ1n) is 8.83. The first kappa shape index (κ1) is 18.4. The molecule has 0 saturated heterocycles. The summed E-state index contributed by atoms with van der Waals surface area (Å²) in [5.41, 5.74) is 2.62. The standard InChI is InChI=1S/C20H22N4O3/c25-19(26)10-9-16(12-15-6-2-1-3-7-15)23-20(27)21-13-17-14-24-11-5-4-8-18(24)22-17/h1-8,11,14,16H,9-10,12-13H2,(H,25,26)(H2,21,23,27). The van der Waals surface area contributed by atoms with Crippen molar-refractivity contribution < 1.29 is 14.7 Å². The summed E-state index contributed by atoms with van der Waals surface area (Å²) >= 11 is 0.